The highest BCUT2D eigenvalue weighted by Gasteiger charge is 2.29. The van der Waals surface area contributed by atoms with Crippen LogP contribution in [0.5, 0.6) is 0 Å². The first kappa shape index (κ1) is 15.5. The Morgan fingerprint density at radius 3 is 3.00 bits per heavy atom. The molecule has 1 aliphatic heterocycles. The predicted molar refractivity (Wildman–Crippen MR) is 86.3 cm³/mol. The van der Waals surface area contributed by atoms with Crippen LogP contribution in [0.25, 0.3) is 0 Å². The number of carbonyl (C=O) groups is 2. The number of anilines is 2. The molecule has 0 bridgehead atoms. The van der Waals surface area contributed by atoms with Gasteiger partial charge in [-0.2, -0.15) is 10.1 Å². The molecule has 1 aromatic carbocycles. The third-order valence-corrected chi connectivity index (χ3v) is 4.07. The molecule has 0 radical (unpaired) electrons. The lowest BCUT2D eigenvalue weighted by Gasteiger charge is -2.21. The van der Waals surface area contributed by atoms with Crippen LogP contribution in [0.15, 0.2) is 18.2 Å². The molecule has 0 saturated heterocycles. The molecule has 1 aromatic heterocycles. The molecule has 0 aliphatic carbocycles. The zero-order chi connectivity index (χ0) is 16.6. The van der Waals surface area contributed by atoms with Crippen molar-refractivity contribution in [2.75, 3.05) is 10.6 Å². The van der Waals surface area contributed by atoms with Gasteiger partial charge in [0, 0.05) is 17.1 Å². The minimum atomic E-state index is -0.482. The summed E-state index contributed by atoms with van der Waals surface area (Å²) in [6.45, 7) is 3.97. The first-order valence-electron chi connectivity index (χ1n) is 7.20. The predicted octanol–water partition coefficient (Wildman–Crippen LogP) is 2.15. The van der Waals surface area contributed by atoms with E-state index >= 15 is 0 Å². The Bertz CT molecular complexity index is 786. The Kier molecular flexibility index (Phi) is 4.04. The van der Waals surface area contributed by atoms with Gasteiger partial charge < -0.3 is 5.32 Å². The van der Waals surface area contributed by atoms with E-state index in [-0.39, 0.29) is 18.2 Å². The molecule has 23 heavy (non-hydrogen) atoms. The van der Waals surface area contributed by atoms with E-state index in [0.717, 1.165) is 5.56 Å². The number of rotatable bonds is 3. The van der Waals surface area contributed by atoms with E-state index in [0.29, 0.717) is 29.0 Å². The SMILES string of the molecule is Cc1nc2n(n1)C[C@H](CC(=O)Nc1ccc(C)c(Cl)c1)C(=O)N2. The Morgan fingerprint density at radius 2 is 2.26 bits per heavy atom. The van der Waals surface area contributed by atoms with Gasteiger partial charge in [-0.15, -0.1) is 0 Å². The highest BCUT2D eigenvalue weighted by molar-refractivity contribution is 6.31. The summed E-state index contributed by atoms with van der Waals surface area (Å²) in [5, 5.41) is 10.2. The summed E-state index contributed by atoms with van der Waals surface area (Å²) in [6.07, 6.45) is 0.0652. The highest BCUT2D eigenvalue weighted by atomic mass is 35.5. The number of hydrogen-bond donors (Lipinski definition) is 2. The van der Waals surface area contributed by atoms with Gasteiger partial charge in [0.15, 0.2) is 0 Å². The molecule has 2 aromatic rings. The van der Waals surface area contributed by atoms with Gasteiger partial charge in [-0.25, -0.2) is 4.68 Å². The molecule has 0 saturated carbocycles. The fourth-order valence-electron chi connectivity index (χ4n) is 2.44. The molecule has 2 amide bonds. The molecule has 1 atom stereocenters. The summed E-state index contributed by atoms with van der Waals surface area (Å²) < 4.78 is 1.61. The third-order valence-electron chi connectivity index (χ3n) is 3.66. The standard InChI is InChI=1S/C15H16ClN5O2/c1-8-3-4-11(6-12(8)16)18-13(22)5-10-7-21-15(19-14(10)23)17-9(2)20-21/h3-4,6,10H,5,7H2,1-2H3,(H,18,22)(H,17,19,20,23)/t10-/m0/s1. The van der Waals surface area contributed by atoms with Gasteiger partial charge in [0.2, 0.25) is 17.8 Å². The van der Waals surface area contributed by atoms with Gasteiger partial charge in [0.25, 0.3) is 0 Å². The lowest BCUT2D eigenvalue weighted by Crippen LogP contribution is -2.36. The Balaban J connectivity index is 1.66. The maximum atomic E-state index is 12.2. The number of carbonyl (C=O) groups excluding carboxylic acids is 2. The molecule has 7 nitrogen and oxygen atoms in total. The number of aromatic nitrogens is 3. The molecular formula is C15H16ClN5O2. The van der Waals surface area contributed by atoms with Gasteiger partial charge in [-0.1, -0.05) is 17.7 Å². The van der Waals surface area contributed by atoms with Crippen molar-refractivity contribution in [2.24, 2.45) is 5.92 Å². The van der Waals surface area contributed by atoms with E-state index in [9.17, 15) is 9.59 Å². The van der Waals surface area contributed by atoms with Gasteiger partial charge >= 0.3 is 0 Å². The molecule has 2 heterocycles. The van der Waals surface area contributed by atoms with Crippen molar-refractivity contribution in [3.05, 3.63) is 34.6 Å². The van der Waals surface area contributed by atoms with E-state index in [1.54, 1.807) is 23.7 Å². The van der Waals surface area contributed by atoms with Crippen molar-refractivity contribution < 1.29 is 9.59 Å². The van der Waals surface area contributed by atoms with Crippen molar-refractivity contribution in [2.45, 2.75) is 26.8 Å². The fraction of sp³-hybridized carbons (Fsp3) is 0.333. The minimum absolute atomic E-state index is 0.0652. The number of hydrogen-bond acceptors (Lipinski definition) is 4. The number of nitrogens with one attached hydrogen (secondary N) is 2. The van der Waals surface area contributed by atoms with Crippen LogP contribution in [0.2, 0.25) is 5.02 Å². The highest BCUT2D eigenvalue weighted by Crippen LogP contribution is 2.22. The second-order valence-electron chi connectivity index (χ2n) is 5.57. The topological polar surface area (TPSA) is 88.9 Å². The van der Waals surface area contributed by atoms with Crippen LogP contribution in [0.4, 0.5) is 11.6 Å². The summed E-state index contributed by atoms with van der Waals surface area (Å²) in [5.74, 6) is 0.0611. The van der Waals surface area contributed by atoms with Crippen LogP contribution < -0.4 is 10.6 Å². The van der Waals surface area contributed by atoms with Crippen LogP contribution >= 0.6 is 11.6 Å². The molecule has 8 heteroatoms. The van der Waals surface area contributed by atoms with Crippen LogP contribution in [-0.2, 0) is 16.1 Å². The van der Waals surface area contributed by atoms with E-state index in [1.165, 1.54) is 0 Å². The smallest absolute Gasteiger partial charge is 0.232 e. The maximum absolute atomic E-state index is 12.2. The summed E-state index contributed by atoms with van der Waals surface area (Å²) in [5.41, 5.74) is 1.55. The summed E-state index contributed by atoms with van der Waals surface area (Å²) in [7, 11) is 0. The third kappa shape index (κ3) is 3.34. The molecule has 0 unspecified atom stereocenters. The van der Waals surface area contributed by atoms with Crippen LogP contribution in [-0.4, -0.2) is 26.6 Å². The van der Waals surface area contributed by atoms with Gasteiger partial charge in [0.05, 0.1) is 12.5 Å². The number of aryl methyl sites for hydroxylation is 2. The van der Waals surface area contributed by atoms with Gasteiger partial charge in [-0.05, 0) is 31.5 Å². The fourth-order valence-corrected chi connectivity index (χ4v) is 2.62. The average Bonchev–Trinajstić information content (AvgIpc) is 2.82. The normalized spacial score (nSPS) is 16.7. The Morgan fingerprint density at radius 1 is 1.48 bits per heavy atom. The lowest BCUT2D eigenvalue weighted by molar-refractivity contribution is -0.125. The van der Waals surface area contributed by atoms with Crippen molar-refractivity contribution in [3.63, 3.8) is 0 Å². The van der Waals surface area contributed by atoms with Crippen molar-refractivity contribution in [1.29, 1.82) is 0 Å². The first-order valence-corrected chi connectivity index (χ1v) is 7.58. The van der Waals surface area contributed by atoms with E-state index in [4.69, 9.17) is 11.6 Å². The zero-order valence-corrected chi connectivity index (χ0v) is 13.5. The Labute approximate surface area is 138 Å². The van der Waals surface area contributed by atoms with Gasteiger partial charge in [0.1, 0.15) is 5.82 Å². The average molecular weight is 334 g/mol. The number of amides is 2. The molecule has 0 fully saturated rings. The largest absolute Gasteiger partial charge is 0.326 e. The molecule has 1 aliphatic rings. The van der Waals surface area contributed by atoms with E-state index in [1.807, 2.05) is 13.0 Å². The minimum Gasteiger partial charge on any atom is -0.326 e. The molecule has 2 N–H and O–H groups in total. The maximum Gasteiger partial charge on any atom is 0.232 e. The number of fused-ring (bicyclic) bond motifs is 1. The zero-order valence-electron chi connectivity index (χ0n) is 12.8. The lowest BCUT2D eigenvalue weighted by atomic mass is 10.0. The van der Waals surface area contributed by atoms with Crippen LogP contribution in [0.1, 0.15) is 17.8 Å². The monoisotopic (exact) mass is 333 g/mol. The second-order valence-corrected chi connectivity index (χ2v) is 5.97. The number of benzene rings is 1. The molecule has 120 valence electrons. The molecule has 3 rings (SSSR count). The number of nitrogens with zero attached hydrogens (tertiary/aromatic N) is 3. The first-order chi connectivity index (χ1) is 10.9. The molecular weight excluding hydrogens is 318 g/mol. The second kappa shape index (κ2) is 6.00. The van der Waals surface area contributed by atoms with Gasteiger partial charge in [-0.3, -0.25) is 14.9 Å². The molecule has 0 spiro atoms. The van der Waals surface area contributed by atoms with Crippen molar-refractivity contribution >= 4 is 35.1 Å². The summed E-state index contributed by atoms with van der Waals surface area (Å²) >= 11 is 6.04. The van der Waals surface area contributed by atoms with Crippen molar-refractivity contribution in [1.82, 2.24) is 14.8 Å². The van der Waals surface area contributed by atoms with Crippen LogP contribution in [0, 0.1) is 19.8 Å². The van der Waals surface area contributed by atoms with Crippen LogP contribution in [0.3, 0.4) is 0 Å². The Hall–Kier alpha value is -2.41. The summed E-state index contributed by atoms with van der Waals surface area (Å²) in [6, 6.07) is 5.29. The van der Waals surface area contributed by atoms with E-state index < -0.39 is 5.92 Å². The quantitative estimate of drug-likeness (QED) is 0.900. The number of halogens is 1. The summed E-state index contributed by atoms with van der Waals surface area (Å²) in [4.78, 5) is 28.3. The van der Waals surface area contributed by atoms with E-state index in [2.05, 4.69) is 20.7 Å². The van der Waals surface area contributed by atoms with Crippen molar-refractivity contribution in [3.8, 4) is 0 Å².